The second-order valence-electron chi connectivity index (χ2n) is 9.45. The highest BCUT2D eigenvalue weighted by Crippen LogP contribution is 2.46. The molecule has 0 fully saturated rings. The Balaban J connectivity index is 1.68. The molecule has 3 aromatic carbocycles. The number of allylic oxidation sites excluding steroid dienone is 1. The Hall–Kier alpha value is -4.44. The number of methoxy groups -OCH3 is 2. The molecule has 0 spiro atoms. The van der Waals surface area contributed by atoms with Crippen LogP contribution in [-0.4, -0.2) is 20.2 Å². The molecule has 1 unspecified atom stereocenters. The topological polar surface area (TPSA) is 104 Å². The molecule has 1 aliphatic rings. The number of hydrogen-bond acceptors (Lipinski definition) is 7. The fourth-order valence-electron chi connectivity index (χ4n) is 4.16. The molecule has 0 bridgehead atoms. The van der Waals surface area contributed by atoms with E-state index in [0.29, 0.717) is 39.7 Å². The van der Waals surface area contributed by atoms with Crippen LogP contribution in [0.4, 0.5) is 0 Å². The average molecular weight is 485 g/mol. The minimum absolute atomic E-state index is 0.0179. The zero-order valence-electron chi connectivity index (χ0n) is 20.9. The Labute approximate surface area is 210 Å². The second kappa shape index (κ2) is 9.67. The van der Waals surface area contributed by atoms with E-state index >= 15 is 0 Å². The number of hydrogen-bond donors (Lipinski definition) is 1. The van der Waals surface area contributed by atoms with E-state index in [1.54, 1.807) is 62.8 Å². The highest BCUT2D eigenvalue weighted by molar-refractivity contribution is 5.91. The molecule has 1 atom stereocenters. The van der Waals surface area contributed by atoms with Crippen molar-refractivity contribution in [3.8, 4) is 29.1 Å². The van der Waals surface area contributed by atoms with Crippen molar-refractivity contribution in [2.45, 2.75) is 32.1 Å². The summed E-state index contributed by atoms with van der Waals surface area (Å²) in [4.78, 5) is 12.8. The molecule has 0 amide bonds. The van der Waals surface area contributed by atoms with E-state index in [4.69, 9.17) is 24.7 Å². The first-order chi connectivity index (χ1) is 17.2. The third-order valence-electron chi connectivity index (χ3n) is 6.14. The Bertz CT molecular complexity index is 1380. The van der Waals surface area contributed by atoms with Crippen LogP contribution in [0.25, 0.3) is 0 Å². The van der Waals surface area contributed by atoms with E-state index in [1.807, 2.05) is 12.1 Å². The number of carbonyl (C=O) groups is 1. The van der Waals surface area contributed by atoms with E-state index in [1.165, 1.54) is 0 Å². The molecule has 0 saturated heterocycles. The highest BCUT2D eigenvalue weighted by atomic mass is 16.5. The van der Waals surface area contributed by atoms with Gasteiger partial charge >= 0.3 is 5.97 Å². The van der Waals surface area contributed by atoms with Crippen LogP contribution in [0.5, 0.6) is 23.0 Å². The van der Waals surface area contributed by atoms with Gasteiger partial charge in [0.05, 0.1) is 25.7 Å². The summed E-state index contributed by atoms with van der Waals surface area (Å²) in [6, 6.07) is 19.9. The number of carbonyl (C=O) groups excluding carboxylic acids is 1. The number of fused-ring (bicyclic) bond motifs is 1. The fraction of sp³-hybridized carbons (Fsp3) is 0.241. The molecule has 0 saturated carbocycles. The molecular formula is C29H28N2O5. The summed E-state index contributed by atoms with van der Waals surface area (Å²) in [6.07, 6.45) is 0. The molecule has 7 heteroatoms. The molecule has 1 aliphatic heterocycles. The molecule has 36 heavy (non-hydrogen) atoms. The van der Waals surface area contributed by atoms with Gasteiger partial charge in [0.15, 0.2) is 0 Å². The third-order valence-corrected chi connectivity index (χ3v) is 6.14. The van der Waals surface area contributed by atoms with Crippen molar-refractivity contribution in [2.24, 2.45) is 5.73 Å². The van der Waals surface area contributed by atoms with Crippen molar-refractivity contribution in [3.63, 3.8) is 0 Å². The molecular weight excluding hydrogens is 456 g/mol. The molecule has 2 N–H and O–H groups in total. The lowest BCUT2D eigenvalue weighted by Crippen LogP contribution is -2.21. The maximum atomic E-state index is 12.8. The fourth-order valence-corrected chi connectivity index (χ4v) is 4.16. The monoisotopic (exact) mass is 484 g/mol. The summed E-state index contributed by atoms with van der Waals surface area (Å²) in [5.41, 5.74) is 9.31. The second-order valence-corrected chi connectivity index (χ2v) is 9.45. The van der Waals surface area contributed by atoms with Gasteiger partial charge in [-0.3, -0.25) is 0 Å². The van der Waals surface area contributed by atoms with Crippen molar-refractivity contribution < 1.29 is 23.7 Å². The number of rotatable bonds is 5. The van der Waals surface area contributed by atoms with Crippen molar-refractivity contribution in [1.29, 1.82) is 5.26 Å². The van der Waals surface area contributed by atoms with E-state index in [9.17, 15) is 10.1 Å². The maximum absolute atomic E-state index is 12.8. The summed E-state index contributed by atoms with van der Waals surface area (Å²) in [5, 5.41) is 9.87. The van der Waals surface area contributed by atoms with Gasteiger partial charge in [0.1, 0.15) is 34.6 Å². The number of nitriles is 1. The maximum Gasteiger partial charge on any atom is 0.343 e. The molecule has 1 heterocycles. The van der Waals surface area contributed by atoms with Crippen LogP contribution in [0.2, 0.25) is 0 Å². The number of nitrogens with zero attached hydrogens (tertiary/aromatic N) is 1. The van der Waals surface area contributed by atoms with Crippen LogP contribution >= 0.6 is 0 Å². The van der Waals surface area contributed by atoms with Gasteiger partial charge in [-0.1, -0.05) is 39.0 Å². The van der Waals surface area contributed by atoms with Gasteiger partial charge in [0.2, 0.25) is 5.88 Å². The van der Waals surface area contributed by atoms with Gasteiger partial charge in [-0.25, -0.2) is 4.79 Å². The summed E-state index contributed by atoms with van der Waals surface area (Å²) in [6.45, 7) is 6.33. The van der Waals surface area contributed by atoms with Gasteiger partial charge in [0.25, 0.3) is 0 Å². The molecule has 0 radical (unpaired) electrons. The third kappa shape index (κ3) is 4.71. The van der Waals surface area contributed by atoms with Crippen LogP contribution in [0.15, 0.2) is 72.1 Å². The van der Waals surface area contributed by atoms with Gasteiger partial charge in [0, 0.05) is 17.2 Å². The Kier molecular flexibility index (Phi) is 6.63. The lowest BCUT2D eigenvalue weighted by Gasteiger charge is -2.28. The Morgan fingerprint density at radius 2 is 1.64 bits per heavy atom. The largest absolute Gasteiger partial charge is 0.497 e. The number of ether oxygens (including phenoxy) is 4. The SMILES string of the molecule is COc1ccc(OC)c(C2C(C#N)=C(N)Oc3cc(OC(=O)c4ccc(C(C)(C)C)cc4)ccc32)c1. The van der Waals surface area contributed by atoms with Crippen LogP contribution in [-0.2, 0) is 5.41 Å². The lowest BCUT2D eigenvalue weighted by molar-refractivity contribution is 0.0734. The summed E-state index contributed by atoms with van der Waals surface area (Å²) in [5.74, 6) is 0.789. The molecule has 4 rings (SSSR count). The first kappa shape index (κ1) is 24.7. The Morgan fingerprint density at radius 3 is 2.25 bits per heavy atom. The van der Waals surface area contributed by atoms with Crippen LogP contribution in [0, 0.1) is 11.3 Å². The van der Waals surface area contributed by atoms with E-state index in [2.05, 4.69) is 26.8 Å². The molecule has 0 aromatic heterocycles. The normalized spacial score (nSPS) is 14.8. The van der Waals surface area contributed by atoms with Crippen molar-refractivity contribution in [1.82, 2.24) is 0 Å². The number of benzene rings is 3. The number of nitrogens with two attached hydrogens (primary N) is 1. The average Bonchev–Trinajstić information content (AvgIpc) is 2.86. The van der Waals surface area contributed by atoms with Crippen molar-refractivity contribution in [3.05, 3.63) is 94.4 Å². The first-order valence-electron chi connectivity index (χ1n) is 11.4. The van der Waals surface area contributed by atoms with E-state index in [-0.39, 0.29) is 16.9 Å². The Morgan fingerprint density at radius 1 is 0.944 bits per heavy atom. The molecule has 7 nitrogen and oxygen atoms in total. The smallest absolute Gasteiger partial charge is 0.343 e. The molecule has 3 aromatic rings. The van der Waals surface area contributed by atoms with Crippen LogP contribution < -0.4 is 24.7 Å². The predicted octanol–water partition coefficient (Wildman–Crippen LogP) is 5.44. The lowest BCUT2D eigenvalue weighted by atomic mass is 9.83. The zero-order chi connectivity index (χ0) is 26.0. The number of esters is 1. The highest BCUT2D eigenvalue weighted by Gasteiger charge is 2.33. The van der Waals surface area contributed by atoms with Gasteiger partial charge in [-0.05, 0) is 47.4 Å². The standard InChI is InChI=1S/C29H28N2O5/c1-29(2,3)18-8-6-17(7-9-18)28(32)35-20-10-12-21-25(15-20)36-27(31)23(16-30)26(21)22-14-19(33-4)11-13-24(22)34-5/h6-15,26H,31H2,1-5H3. The molecule has 184 valence electrons. The zero-order valence-corrected chi connectivity index (χ0v) is 20.9. The summed E-state index contributed by atoms with van der Waals surface area (Å²) >= 11 is 0. The minimum atomic E-state index is -0.557. The quantitative estimate of drug-likeness (QED) is 0.380. The van der Waals surface area contributed by atoms with Crippen LogP contribution in [0.1, 0.15) is 53.7 Å². The van der Waals surface area contributed by atoms with E-state index < -0.39 is 11.9 Å². The van der Waals surface area contributed by atoms with Gasteiger partial charge in [-0.2, -0.15) is 5.26 Å². The van der Waals surface area contributed by atoms with Gasteiger partial charge < -0.3 is 24.7 Å². The van der Waals surface area contributed by atoms with Gasteiger partial charge in [-0.15, -0.1) is 0 Å². The summed E-state index contributed by atoms with van der Waals surface area (Å²) < 4.78 is 22.3. The molecule has 0 aliphatic carbocycles. The van der Waals surface area contributed by atoms with E-state index in [0.717, 1.165) is 5.56 Å². The van der Waals surface area contributed by atoms with Crippen molar-refractivity contribution in [2.75, 3.05) is 14.2 Å². The van der Waals surface area contributed by atoms with Crippen LogP contribution in [0.3, 0.4) is 0 Å². The summed E-state index contributed by atoms with van der Waals surface area (Å²) in [7, 11) is 3.12. The first-order valence-corrected chi connectivity index (χ1v) is 11.4. The minimum Gasteiger partial charge on any atom is -0.497 e. The van der Waals surface area contributed by atoms with Crippen molar-refractivity contribution >= 4 is 5.97 Å². The predicted molar refractivity (Wildman–Crippen MR) is 135 cm³/mol.